The summed E-state index contributed by atoms with van der Waals surface area (Å²) in [6.07, 6.45) is 2.31. The summed E-state index contributed by atoms with van der Waals surface area (Å²) in [6, 6.07) is 17.0. The van der Waals surface area contributed by atoms with Crippen molar-refractivity contribution in [2.45, 2.75) is 25.8 Å². The van der Waals surface area contributed by atoms with Crippen molar-refractivity contribution in [3.63, 3.8) is 0 Å². The van der Waals surface area contributed by atoms with Crippen molar-refractivity contribution in [2.75, 3.05) is 26.2 Å². The Morgan fingerprint density at radius 1 is 1.19 bits per heavy atom. The number of carbonyl (C=O) groups is 1. The Kier molecular flexibility index (Phi) is 6.89. The fourth-order valence-electron chi connectivity index (χ4n) is 3.91. The molecule has 4 rings (SSSR count). The van der Waals surface area contributed by atoms with Crippen molar-refractivity contribution < 1.29 is 14.1 Å². The summed E-state index contributed by atoms with van der Waals surface area (Å²) in [5.41, 5.74) is 2.12. The van der Waals surface area contributed by atoms with Gasteiger partial charge < -0.3 is 14.6 Å². The van der Waals surface area contributed by atoms with Gasteiger partial charge in [0.15, 0.2) is 11.5 Å². The van der Waals surface area contributed by atoms with E-state index in [1.807, 2.05) is 55.5 Å². The third-order valence-electron chi connectivity index (χ3n) is 5.49. The number of halogens is 1. The molecule has 6 nitrogen and oxygen atoms in total. The van der Waals surface area contributed by atoms with Gasteiger partial charge in [0, 0.05) is 23.2 Å². The highest BCUT2D eigenvalue weighted by Gasteiger charge is 2.26. The number of aromatic nitrogens is 1. The zero-order valence-electron chi connectivity index (χ0n) is 17.5. The molecule has 2 aromatic carbocycles. The zero-order valence-corrected chi connectivity index (χ0v) is 18.3. The third-order valence-corrected chi connectivity index (χ3v) is 5.84. The highest BCUT2D eigenvalue weighted by molar-refractivity contribution is 6.31. The molecule has 1 aliphatic heterocycles. The molecule has 1 unspecified atom stereocenters. The van der Waals surface area contributed by atoms with Crippen LogP contribution in [0.2, 0.25) is 5.02 Å². The Labute approximate surface area is 187 Å². The molecule has 1 aromatic heterocycles. The highest BCUT2D eigenvalue weighted by Crippen LogP contribution is 2.30. The van der Waals surface area contributed by atoms with Crippen molar-refractivity contribution in [2.24, 2.45) is 0 Å². The summed E-state index contributed by atoms with van der Waals surface area (Å²) in [5, 5.41) is 7.69. The minimum atomic E-state index is -0.266. The molecule has 1 amide bonds. The summed E-state index contributed by atoms with van der Waals surface area (Å²) in [5.74, 6) is 1.06. The van der Waals surface area contributed by atoms with E-state index in [2.05, 4.69) is 15.4 Å². The van der Waals surface area contributed by atoms with Crippen LogP contribution >= 0.6 is 11.6 Å². The van der Waals surface area contributed by atoms with Gasteiger partial charge in [0.05, 0.1) is 12.6 Å². The van der Waals surface area contributed by atoms with Gasteiger partial charge in [-0.15, -0.1) is 0 Å². The molecule has 0 spiro atoms. The van der Waals surface area contributed by atoms with Crippen LogP contribution in [0.25, 0.3) is 11.3 Å². The van der Waals surface area contributed by atoms with Gasteiger partial charge in [-0.25, -0.2) is 0 Å². The molecular weight excluding hydrogens is 414 g/mol. The lowest BCUT2D eigenvalue weighted by atomic mass is 10.1. The zero-order chi connectivity index (χ0) is 21.6. The first-order valence-electron chi connectivity index (χ1n) is 10.6. The van der Waals surface area contributed by atoms with Gasteiger partial charge in [-0.2, -0.15) is 0 Å². The summed E-state index contributed by atoms with van der Waals surface area (Å²) < 4.78 is 10.9. The molecular formula is C24H26ClN3O3. The van der Waals surface area contributed by atoms with Gasteiger partial charge in [-0.1, -0.05) is 35.0 Å². The second-order valence-electron chi connectivity index (χ2n) is 7.52. The van der Waals surface area contributed by atoms with Crippen LogP contribution in [0.5, 0.6) is 5.75 Å². The van der Waals surface area contributed by atoms with Crippen molar-refractivity contribution >= 4 is 17.5 Å². The minimum Gasteiger partial charge on any atom is -0.494 e. The lowest BCUT2D eigenvalue weighted by Gasteiger charge is -2.28. The number of rotatable bonds is 8. The lowest BCUT2D eigenvalue weighted by molar-refractivity contribution is 0.0929. The van der Waals surface area contributed by atoms with Gasteiger partial charge in [-0.3, -0.25) is 9.69 Å². The normalized spacial score (nSPS) is 15.0. The predicted molar refractivity (Wildman–Crippen MR) is 120 cm³/mol. The molecule has 0 radical (unpaired) electrons. The van der Waals surface area contributed by atoms with Crippen LogP contribution in [-0.4, -0.2) is 42.2 Å². The molecule has 7 heteroatoms. The molecule has 2 heterocycles. The van der Waals surface area contributed by atoms with Crippen molar-refractivity contribution in [3.05, 3.63) is 70.9 Å². The molecule has 162 valence electrons. The van der Waals surface area contributed by atoms with E-state index in [0.29, 0.717) is 23.9 Å². The maximum atomic E-state index is 12.8. The van der Waals surface area contributed by atoms with Crippen LogP contribution in [0.15, 0.2) is 59.1 Å². The molecule has 1 fully saturated rings. The first-order valence-corrected chi connectivity index (χ1v) is 11.0. The first-order chi connectivity index (χ1) is 15.2. The standard InChI is InChI=1S/C24H26ClN3O3/c1-2-30-18-11-9-17(10-12-18)23-15-21(27-31-23)24(29)26-16-22(28-13-5-6-14-28)19-7-3-4-8-20(19)25/h3-4,7-12,15,22H,2,5-6,13-14,16H2,1H3,(H,26,29). The molecule has 0 saturated carbocycles. The topological polar surface area (TPSA) is 67.6 Å². The average molecular weight is 440 g/mol. The summed E-state index contributed by atoms with van der Waals surface area (Å²) in [6.45, 7) is 5.00. The van der Waals surface area contributed by atoms with Crippen LogP contribution in [0.3, 0.4) is 0 Å². The number of likely N-dealkylation sites (tertiary alicyclic amines) is 1. The molecule has 31 heavy (non-hydrogen) atoms. The van der Waals surface area contributed by atoms with E-state index in [9.17, 15) is 4.79 Å². The summed E-state index contributed by atoms with van der Waals surface area (Å²) in [7, 11) is 0. The molecule has 1 aliphatic rings. The predicted octanol–water partition coefficient (Wildman–Crippen LogP) is 4.96. The van der Waals surface area contributed by atoms with Gasteiger partial charge >= 0.3 is 0 Å². The number of hydrogen-bond donors (Lipinski definition) is 1. The van der Waals surface area contributed by atoms with Crippen LogP contribution < -0.4 is 10.1 Å². The monoisotopic (exact) mass is 439 g/mol. The molecule has 1 atom stereocenters. The summed E-state index contributed by atoms with van der Waals surface area (Å²) >= 11 is 6.46. The smallest absolute Gasteiger partial charge is 0.273 e. The molecule has 1 saturated heterocycles. The van der Waals surface area contributed by atoms with Crippen LogP contribution in [0, 0.1) is 0 Å². The quantitative estimate of drug-likeness (QED) is 0.537. The Balaban J connectivity index is 1.44. The Hall–Kier alpha value is -2.83. The van der Waals surface area contributed by atoms with E-state index in [0.717, 1.165) is 42.8 Å². The molecule has 1 N–H and O–H groups in total. The Morgan fingerprint density at radius 3 is 2.65 bits per heavy atom. The number of benzene rings is 2. The maximum absolute atomic E-state index is 12.8. The van der Waals surface area contributed by atoms with Crippen molar-refractivity contribution in [1.29, 1.82) is 0 Å². The summed E-state index contributed by atoms with van der Waals surface area (Å²) in [4.78, 5) is 15.1. The molecule has 3 aromatic rings. The van der Waals surface area contributed by atoms with E-state index < -0.39 is 0 Å². The number of carbonyl (C=O) groups excluding carboxylic acids is 1. The SMILES string of the molecule is CCOc1ccc(-c2cc(C(=O)NCC(c3ccccc3Cl)N3CCCC3)no2)cc1. The number of ether oxygens (including phenoxy) is 1. The largest absolute Gasteiger partial charge is 0.494 e. The van der Waals surface area contributed by atoms with Gasteiger partial charge in [-0.05, 0) is 68.8 Å². The average Bonchev–Trinajstić information content (AvgIpc) is 3.48. The Bertz CT molecular complexity index is 1010. The molecule has 0 bridgehead atoms. The van der Waals surface area contributed by atoms with Crippen LogP contribution in [0.1, 0.15) is 41.9 Å². The van der Waals surface area contributed by atoms with Gasteiger partial charge in [0.25, 0.3) is 5.91 Å². The van der Waals surface area contributed by atoms with Gasteiger partial charge in [0.1, 0.15) is 5.75 Å². The van der Waals surface area contributed by atoms with Crippen LogP contribution in [0.4, 0.5) is 0 Å². The first kappa shape index (κ1) is 21.4. The van der Waals surface area contributed by atoms with Crippen LogP contribution in [-0.2, 0) is 0 Å². The Morgan fingerprint density at radius 2 is 1.94 bits per heavy atom. The minimum absolute atomic E-state index is 0.0256. The fourth-order valence-corrected chi connectivity index (χ4v) is 4.18. The number of amides is 1. The lowest BCUT2D eigenvalue weighted by Crippen LogP contribution is -2.37. The number of nitrogens with zero attached hydrogens (tertiary/aromatic N) is 2. The van der Waals surface area contributed by atoms with E-state index >= 15 is 0 Å². The number of hydrogen-bond acceptors (Lipinski definition) is 5. The van der Waals surface area contributed by atoms with Crippen molar-refractivity contribution in [1.82, 2.24) is 15.4 Å². The van der Waals surface area contributed by atoms with E-state index in [-0.39, 0.29) is 17.6 Å². The van der Waals surface area contributed by atoms with Crippen molar-refractivity contribution in [3.8, 4) is 17.1 Å². The van der Waals surface area contributed by atoms with Gasteiger partial charge in [0.2, 0.25) is 0 Å². The molecule has 0 aliphatic carbocycles. The number of nitrogens with one attached hydrogen (secondary N) is 1. The highest BCUT2D eigenvalue weighted by atomic mass is 35.5. The fraction of sp³-hybridized carbons (Fsp3) is 0.333. The van der Waals surface area contributed by atoms with E-state index in [1.165, 1.54) is 0 Å². The third kappa shape index (κ3) is 5.09. The van der Waals surface area contributed by atoms with E-state index in [4.69, 9.17) is 20.9 Å². The second-order valence-corrected chi connectivity index (χ2v) is 7.93. The second kappa shape index (κ2) is 9.98. The van der Waals surface area contributed by atoms with E-state index in [1.54, 1.807) is 6.07 Å². The maximum Gasteiger partial charge on any atom is 0.273 e.